The molecular weight excluding hydrogens is 340 g/mol. The minimum absolute atomic E-state index is 0.0557. The molecule has 5 heteroatoms. The summed E-state index contributed by atoms with van der Waals surface area (Å²) in [6, 6.07) is 18.1. The van der Waals surface area contributed by atoms with Gasteiger partial charge >= 0.3 is 5.97 Å². The Balaban J connectivity index is 1.56. The zero-order valence-corrected chi connectivity index (χ0v) is 15.7. The molecule has 1 saturated heterocycles. The number of nitrogens with zero attached hydrogens (tertiary/aromatic N) is 1. The number of benzene rings is 2. The Morgan fingerprint density at radius 1 is 1.04 bits per heavy atom. The average Bonchev–Trinajstić information content (AvgIpc) is 2.73. The topological polar surface area (TPSA) is 58.6 Å². The normalized spacial score (nSPS) is 14.6. The highest BCUT2D eigenvalue weighted by atomic mass is 16.5. The van der Waals surface area contributed by atoms with Crippen LogP contribution in [0.2, 0.25) is 0 Å². The summed E-state index contributed by atoms with van der Waals surface area (Å²) in [6.45, 7) is 3.67. The van der Waals surface area contributed by atoms with Gasteiger partial charge in [-0.25, -0.2) is 0 Å². The molecule has 27 heavy (non-hydrogen) atoms. The van der Waals surface area contributed by atoms with Crippen LogP contribution >= 0.6 is 0 Å². The van der Waals surface area contributed by atoms with Crippen molar-refractivity contribution in [3.63, 3.8) is 0 Å². The largest absolute Gasteiger partial charge is 0.466 e. The van der Waals surface area contributed by atoms with E-state index in [1.54, 1.807) is 0 Å². The summed E-state index contributed by atoms with van der Waals surface area (Å²) in [5.41, 5.74) is 3.13. The summed E-state index contributed by atoms with van der Waals surface area (Å²) in [5.74, 6) is -0.166. The highest BCUT2D eigenvalue weighted by Crippen LogP contribution is 2.27. The fourth-order valence-electron chi connectivity index (χ4n) is 3.41. The van der Waals surface area contributed by atoms with E-state index in [0.717, 1.165) is 16.8 Å². The van der Waals surface area contributed by atoms with Crippen molar-refractivity contribution in [3.05, 3.63) is 54.6 Å². The lowest BCUT2D eigenvalue weighted by atomic mass is 9.97. The molecule has 1 aliphatic rings. The molecule has 3 rings (SSSR count). The molecule has 0 radical (unpaired) electrons. The maximum atomic E-state index is 12.6. The van der Waals surface area contributed by atoms with Crippen LogP contribution in [-0.2, 0) is 14.3 Å². The Hall–Kier alpha value is -2.82. The molecule has 0 unspecified atom stereocenters. The predicted octanol–water partition coefficient (Wildman–Crippen LogP) is 3.57. The summed E-state index contributed by atoms with van der Waals surface area (Å²) in [4.78, 5) is 26.2. The van der Waals surface area contributed by atoms with E-state index in [1.807, 2.05) is 54.3 Å². The van der Waals surface area contributed by atoms with Gasteiger partial charge in [-0.15, -0.1) is 0 Å². The van der Waals surface area contributed by atoms with Crippen LogP contribution in [0.15, 0.2) is 54.6 Å². The van der Waals surface area contributed by atoms with E-state index in [1.165, 1.54) is 0 Å². The Kier molecular flexibility index (Phi) is 6.47. The molecule has 1 amide bonds. The van der Waals surface area contributed by atoms with Crippen LogP contribution in [0.25, 0.3) is 11.1 Å². The number of nitrogens with one attached hydrogen (secondary N) is 1. The number of esters is 1. The molecule has 0 bridgehead atoms. The first kappa shape index (κ1) is 19.0. The first-order valence-electron chi connectivity index (χ1n) is 9.51. The second kappa shape index (κ2) is 9.21. The molecule has 1 aliphatic heterocycles. The number of rotatable bonds is 6. The van der Waals surface area contributed by atoms with E-state index in [9.17, 15) is 9.59 Å². The van der Waals surface area contributed by atoms with Crippen molar-refractivity contribution in [1.29, 1.82) is 0 Å². The monoisotopic (exact) mass is 366 g/mol. The molecule has 0 aliphatic carbocycles. The number of likely N-dealkylation sites (tertiary alicyclic amines) is 1. The van der Waals surface area contributed by atoms with Gasteiger partial charge in [0.1, 0.15) is 0 Å². The average molecular weight is 366 g/mol. The van der Waals surface area contributed by atoms with Gasteiger partial charge in [0, 0.05) is 24.3 Å². The summed E-state index contributed by atoms with van der Waals surface area (Å²) >= 11 is 0. The summed E-state index contributed by atoms with van der Waals surface area (Å²) in [6.07, 6.45) is 1.34. The third-order valence-corrected chi connectivity index (χ3v) is 4.91. The van der Waals surface area contributed by atoms with Crippen molar-refractivity contribution in [3.8, 4) is 11.1 Å². The first-order chi connectivity index (χ1) is 13.2. The summed E-state index contributed by atoms with van der Waals surface area (Å²) in [5, 5.41) is 3.28. The number of amides is 1. The highest BCUT2D eigenvalue weighted by Gasteiger charge is 2.28. The van der Waals surface area contributed by atoms with E-state index in [0.29, 0.717) is 32.5 Å². The molecule has 0 saturated carbocycles. The molecule has 1 N–H and O–H groups in total. The van der Waals surface area contributed by atoms with E-state index >= 15 is 0 Å². The molecule has 0 spiro atoms. The van der Waals surface area contributed by atoms with Crippen molar-refractivity contribution in [2.24, 2.45) is 5.92 Å². The molecule has 0 aromatic heterocycles. The third-order valence-electron chi connectivity index (χ3n) is 4.91. The number of para-hydroxylation sites is 1. The van der Waals surface area contributed by atoms with Gasteiger partial charge in [0.2, 0.25) is 5.91 Å². The molecule has 2 aromatic rings. The zero-order chi connectivity index (χ0) is 19.1. The number of hydrogen-bond donors (Lipinski definition) is 1. The predicted molar refractivity (Wildman–Crippen MR) is 106 cm³/mol. The van der Waals surface area contributed by atoms with Crippen molar-refractivity contribution in [2.75, 3.05) is 31.6 Å². The maximum Gasteiger partial charge on any atom is 0.309 e. The van der Waals surface area contributed by atoms with Gasteiger partial charge in [0.15, 0.2) is 0 Å². The molecule has 0 atom stereocenters. The Morgan fingerprint density at radius 3 is 2.41 bits per heavy atom. The summed E-state index contributed by atoms with van der Waals surface area (Å²) in [7, 11) is 0. The second-order valence-electron chi connectivity index (χ2n) is 6.67. The fourth-order valence-corrected chi connectivity index (χ4v) is 3.41. The van der Waals surface area contributed by atoms with Gasteiger partial charge in [0.25, 0.3) is 0 Å². The van der Waals surface area contributed by atoms with Crippen LogP contribution < -0.4 is 5.32 Å². The van der Waals surface area contributed by atoms with Gasteiger partial charge in [-0.1, -0.05) is 48.5 Å². The number of carbonyl (C=O) groups is 2. The van der Waals surface area contributed by atoms with Crippen LogP contribution in [0.3, 0.4) is 0 Å². The lowest BCUT2D eigenvalue weighted by Gasteiger charge is -2.31. The van der Waals surface area contributed by atoms with Gasteiger partial charge < -0.3 is 15.0 Å². The minimum Gasteiger partial charge on any atom is -0.466 e. The fraction of sp³-hybridized carbons (Fsp3) is 0.364. The summed E-state index contributed by atoms with van der Waals surface area (Å²) < 4.78 is 5.08. The smallest absolute Gasteiger partial charge is 0.309 e. The van der Waals surface area contributed by atoms with Crippen LogP contribution in [0.1, 0.15) is 19.8 Å². The van der Waals surface area contributed by atoms with E-state index in [4.69, 9.17) is 4.74 Å². The van der Waals surface area contributed by atoms with Gasteiger partial charge in [-0.05, 0) is 31.4 Å². The van der Waals surface area contributed by atoms with Gasteiger partial charge in [-0.2, -0.15) is 0 Å². The lowest BCUT2D eigenvalue weighted by molar-refractivity contribution is -0.151. The zero-order valence-electron chi connectivity index (χ0n) is 15.7. The van der Waals surface area contributed by atoms with Gasteiger partial charge in [0.05, 0.1) is 19.1 Å². The van der Waals surface area contributed by atoms with Crippen LogP contribution in [0, 0.1) is 5.92 Å². The molecule has 1 fully saturated rings. The molecular formula is C22H26N2O3. The van der Waals surface area contributed by atoms with Crippen LogP contribution in [0.5, 0.6) is 0 Å². The Morgan fingerprint density at radius 2 is 1.70 bits per heavy atom. The van der Waals surface area contributed by atoms with Gasteiger partial charge in [-0.3, -0.25) is 9.59 Å². The van der Waals surface area contributed by atoms with E-state index in [-0.39, 0.29) is 24.3 Å². The standard InChI is InChI=1S/C22H26N2O3/c1-2-27-22(26)18-12-14-24(15-13-18)21(25)16-23-20-11-7-6-10-19(20)17-8-4-3-5-9-17/h3-11,18,23H,2,12-16H2,1H3. The molecule has 142 valence electrons. The quantitative estimate of drug-likeness (QED) is 0.794. The molecule has 1 heterocycles. The maximum absolute atomic E-state index is 12.6. The van der Waals surface area contributed by atoms with Crippen molar-refractivity contribution in [1.82, 2.24) is 4.90 Å². The number of hydrogen-bond acceptors (Lipinski definition) is 4. The second-order valence-corrected chi connectivity index (χ2v) is 6.67. The Labute approximate surface area is 160 Å². The minimum atomic E-state index is -0.139. The number of anilines is 1. The number of carbonyl (C=O) groups excluding carboxylic acids is 2. The third kappa shape index (κ3) is 4.88. The highest BCUT2D eigenvalue weighted by molar-refractivity contribution is 5.84. The van der Waals surface area contributed by atoms with E-state index < -0.39 is 0 Å². The van der Waals surface area contributed by atoms with E-state index in [2.05, 4.69) is 17.4 Å². The molecule has 5 nitrogen and oxygen atoms in total. The van der Waals surface area contributed by atoms with Crippen molar-refractivity contribution < 1.29 is 14.3 Å². The SMILES string of the molecule is CCOC(=O)C1CCN(C(=O)CNc2ccccc2-c2ccccc2)CC1. The Bertz CT molecular complexity index is 768. The number of piperidine rings is 1. The number of ether oxygens (including phenoxy) is 1. The van der Waals surface area contributed by atoms with Crippen LogP contribution in [0.4, 0.5) is 5.69 Å². The molecule has 2 aromatic carbocycles. The van der Waals surface area contributed by atoms with Crippen LogP contribution in [-0.4, -0.2) is 43.0 Å². The van der Waals surface area contributed by atoms with Crippen molar-refractivity contribution in [2.45, 2.75) is 19.8 Å². The first-order valence-corrected chi connectivity index (χ1v) is 9.51. The lowest BCUT2D eigenvalue weighted by Crippen LogP contribution is -2.43. The van der Waals surface area contributed by atoms with Crippen molar-refractivity contribution >= 4 is 17.6 Å².